The molecule has 0 spiro atoms. The van der Waals surface area contributed by atoms with Gasteiger partial charge in [-0.2, -0.15) is 0 Å². The molecule has 3 N–H and O–H groups in total. The van der Waals surface area contributed by atoms with E-state index in [0.717, 1.165) is 12.8 Å². The highest BCUT2D eigenvalue weighted by Gasteiger charge is 2.32. The van der Waals surface area contributed by atoms with E-state index in [1.807, 2.05) is 27.7 Å². The molecule has 0 bridgehead atoms. The fraction of sp³-hybridized carbons (Fsp3) is 0.846. The van der Waals surface area contributed by atoms with Gasteiger partial charge in [-0.25, -0.2) is 4.79 Å². The molecule has 0 aromatic carbocycles. The van der Waals surface area contributed by atoms with E-state index in [-0.39, 0.29) is 24.0 Å². The zero-order valence-electron chi connectivity index (χ0n) is 12.4. The predicted molar refractivity (Wildman–Crippen MR) is 72.8 cm³/mol. The van der Waals surface area contributed by atoms with Gasteiger partial charge in [-0.05, 0) is 40.5 Å². The van der Waals surface area contributed by atoms with Crippen LogP contribution in [0.4, 0.5) is 4.79 Å². The van der Waals surface area contributed by atoms with Gasteiger partial charge in [0.15, 0.2) is 0 Å². The van der Waals surface area contributed by atoms with Gasteiger partial charge in [0.1, 0.15) is 5.60 Å². The Bertz CT molecular complexity index is 339. The molecule has 0 aliphatic carbocycles. The lowest BCUT2D eigenvalue weighted by molar-refractivity contribution is -0.122. The van der Waals surface area contributed by atoms with Crippen molar-refractivity contribution < 1.29 is 14.3 Å². The third-order valence-electron chi connectivity index (χ3n) is 3.09. The van der Waals surface area contributed by atoms with E-state index in [0.29, 0.717) is 0 Å². The minimum atomic E-state index is -0.502. The Morgan fingerprint density at radius 3 is 2.47 bits per heavy atom. The van der Waals surface area contributed by atoms with Crippen molar-refractivity contribution in [1.29, 1.82) is 0 Å². The number of nitrogens with one attached hydrogen (secondary N) is 3. The van der Waals surface area contributed by atoms with E-state index >= 15 is 0 Å². The normalized spacial score (nSPS) is 24.7. The standard InChI is InChI=1S/C13H25N3O3/c1-8(15-12(18)19-13(2,3)4)9-6-7-10(16-9)11(17)14-5/h8-10,16H,6-7H2,1-5H3,(H,14,17)(H,15,18)/t8?,9-,10+/m0/s1. The highest BCUT2D eigenvalue weighted by molar-refractivity contribution is 5.81. The molecule has 1 heterocycles. The summed E-state index contributed by atoms with van der Waals surface area (Å²) in [7, 11) is 1.62. The molecule has 0 aromatic heterocycles. The minimum Gasteiger partial charge on any atom is -0.444 e. The van der Waals surface area contributed by atoms with Crippen LogP contribution in [-0.4, -0.2) is 42.8 Å². The number of ether oxygens (including phenoxy) is 1. The van der Waals surface area contributed by atoms with E-state index in [1.54, 1.807) is 7.05 Å². The van der Waals surface area contributed by atoms with Crippen molar-refractivity contribution in [1.82, 2.24) is 16.0 Å². The van der Waals surface area contributed by atoms with Crippen LogP contribution in [0, 0.1) is 0 Å². The van der Waals surface area contributed by atoms with E-state index in [4.69, 9.17) is 4.74 Å². The molecule has 1 aliphatic heterocycles. The van der Waals surface area contributed by atoms with Crippen molar-refractivity contribution in [2.24, 2.45) is 0 Å². The van der Waals surface area contributed by atoms with Gasteiger partial charge >= 0.3 is 6.09 Å². The second-order valence-corrected chi connectivity index (χ2v) is 5.95. The molecule has 1 saturated heterocycles. The minimum absolute atomic E-state index is 0.00744. The highest BCUT2D eigenvalue weighted by atomic mass is 16.6. The van der Waals surface area contributed by atoms with Gasteiger partial charge in [0.05, 0.1) is 6.04 Å². The number of hydrogen-bond donors (Lipinski definition) is 3. The van der Waals surface area contributed by atoms with Gasteiger partial charge in [-0.3, -0.25) is 4.79 Å². The quantitative estimate of drug-likeness (QED) is 0.708. The first-order valence-corrected chi connectivity index (χ1v) is 6.70. The lowest BCUT2D eigenvalue weighted by atomic mass is 10.1. The van der Waals surface area contributed by atoms with Crippen LogP contribution in [0.2, 0.25) is 0 Å². The fourth-order valence-electron chi connectivity index (χ4n) is 2.14. The molecule has 110 valence electrons. The van der Waals surface area contributed by atoms with E-state index in [1.165, 1.54) is 0 Å². The summed E-state index contributed by atoms with van der Waals surface area (Å²) in [6.45, 7) is 7.39. The Balaban J connectivity index is 2.41. The number of rotatable bonds is 3. The van der Waals surface area contributed by atoms with Crippen molar-refractivity contribution in [3.63, 3.8) is 0 Å². The number of carbonyl (C=O) groups is 2. The van der Waals surface area contributed by atoms with Crippen LogP contribution in [0.1, 0.15) is 40.5 Å². The zero-order chi connectivity index (χ0) is 14.6. The number of carbonyl (C=O) groups excluding carboxylic acids is 2. The topological polar surface area (TPSA) is 79.5 Å². The van der Waals surface area contributed by atoms with Gasteiger partial charge in [-0.15, -0.1) is 0 Å². The third kappa shape index (κ3) is 5.06. The maximum absolute atomic E-state index is 11.7. The fourth-order valence-corrected chi connectivity index (χ4v) is 2.14. The van der Waals surface area contributed by atoms with Crippen molar-refractivity contribution in [2.45, 2.75) is 64.3 Å². The molecule has 0 aromatic rings. The molecule has 1 aliphatic rings. The summed E-state index contributed by atoms with van der Waals surface area (Å²) >= 11 is 0. The Morgan fingerprint density at radius 1 is 1.32 bits per heavy atom. The predicted octanol–water partition coefficient (Wildman–Crippen LogP) is 0.766. The van der Waals surface area contributed by atoms with E-state index in [2.05, 4.69) is 16.0 Å². The van der Waals surface area contributed by atoms with Crippen molar-refractivity contribution in [3.05, 3.63) is 0 Å². The molecule has 0 radical (unpaired) electrons. The van der Waals surface area contributed by atoms with Gasteiger partial charge in [0.25, 0.3) is 0 Å². The first-order valence-electron chi connectivity index (χ1n) is 6.70. The summed E-state index contributed by atoms with van der Waals surface area (Å²) in [6.07, 6.45) is 1.21. The second kappa shape index (κ2) is 6.23. The molecule has 1 rings (SSSR count). The average molecular weight is 271 g/mol. The summed E-state index contributed by atoms with van der Waals surface area (Å²) in [5.41, 5.74) is -0.502. The van der Waals surface area contributed by atoms with Crippen LogP contribution >= 0.6 is 0 Å². The van der Waals surface area contributed by atoms with Gasteiger partial charge in [0, 0.05) is 19.1 Å². The smallest absolute Gasteiger partial charge is 0.407 e. The molecular weight excluding hydrogens is 246 g/mol. The second-order valence-electron chi connectivity index (χ2n) is 5.95. The highest BCUT2D eigenvalue weighted by Crippen LogP contribution is 2.16. The first-order chi connectivity index (χ1) is 8.73. The number of alkyl carbamates (subject to hydrolysis) is 1. The van der Waals surface area contributed by atoms with Crippen molar-refractivity contribution in [2.75, 3.05) is 7.05 Å². The van der Waals surface area contributed by atoms with E-state index < -0.39 is 11.7 Å². The molecule has 6 heteroatoms. The summed E-state index contributed by atoms with van der Waals surface area (Å²) < 4.78 is 5.21. The summed E-state index contributed by atoms with van der Waals surface area (Å²) in [6, 6.07) is -0.155. The van der Waals surface area contributed by atoms with Gasteiger partial charge in [-0.1, -0.05) is 0 Å². The monoisotopic (exact) mass is 271 g/mol. The molecule has 3 atom stereocenters. The molecule has 1 fully saturated rings. The largest absolute Gasteiger partial charge is 0.444 e. The number of amides is 2. The summed E-state index contributed by atoms with van der Waals surface area (Å²) in [4.78, 5) is 23.2. The van der Waals surface area contributed by atoms with Crippen molar-refractivity contribution >= 4 is 12.0 Å². The van der Waals surface area contributed by atoms with Crippen LogP contribution in [0.5, 0.6) is 0 Å². The van der Waals surface area contributed by atoms with Crippen LogP contribution < -0.4 is 16.0 Å². The van der Waals surface area contributed by atoms with Crippen LogP contribution in [0.15, 0.2) is 0 Å². The van der Waals surface area contributed by atoms with Crippen LogP contribution in [0.3, 0.4) is 0 Å². The van der Waals surface area contributed by atoms with Crippen LogP contribution in [-0.2, 0) is 9.53 Å². The molecule has 2 amide bonds. The van der Waals surface area contributed by atoms with Crippen LogP contribution in [0.25, 0.3) is 0 Å². The van der Waals surface area contributed by atoms with Gasteiger partial charge < -0.3 is 20.7 Å². The number of likely N-dealkylation sites (N-methyl/N-ethyl adjacent to an activating group) is 1. The Labute approximate surface area is 114 Å². The lowest BCUT2D eigenvalue weighted by Gasteiger charge is -2.25. The molecule has 1 unspecified atom stereocenters. The Kier molecular flexibility index (Phi) is 5.17. The molecule has 0 saturated carbocycles. The van der Waals surface area contributed by atoms with E-state index in [9.17, 15) is 9.59 Å². The first kappa shape index (κ1) is 15.8. The summed E-state index contributed by atoms with van der Waals surface area (Å²) in [5.74, 6) is -0.00744. The SMILES string of the molecule is CNC(=O)[C@H]1CC[C@@H](C(C)NC(=O)OC(C)(C)C)N1. The zero-order valence-corrected chi connectivity index (χ0v) is 12.4. The lowest BCUT2D eigenvalue weighted by Crippen LogP contribution is -2.50. The Morgan fingerprint density at radius 2 is 1.95 bits per heavy atom. The summed E-state index contributed by atoms with van der Waals surface area (Å²) in [5, 5.41) is 8.65. The maximum atomic E-state index is 11.7. The molecule has 6 nitrogen and oxygen atoms in total. The van der Waals surface area contributed by atoms with Gasteiger partial charge in [0.2, 0.25) is 5.91 Å². The third-order valence-corrected chi connectivity index (χ3v) is 3.09. The average Bonchev–Trinajstić information content (AvgIpc) is 2.74. The number of hydrogen-bond acceptors (Lipinski definition) is 4. The Hall–Kier alpha value is -1.30. The van der Waals surface area contributed by atoms with Crippen molar-refractivity contribution in [3.8, 4) is 0 Å². The molecule has 19 heavy (non-hydrogen) atoms. The maximum Gasteiger partial charge on any atom is 0.407 e. The molecular formula is C13H25N3O3.